The molecule has 1 aliphatic heterocycles. The number of benzene rings is 1. The summed E-state index contributed by atoms with van der Waals surface area (Å²) in [4.78, 5) is 27.5. The maximum atomic E-state index is 13.2. The molecule has 1 aliphatic rings. The molecule has 0 amide bonds. The molecule has 3 aromatic heterocycles. The summed E-state index contributed by atoms with van der Waals surface area (Å²) in [6.45, 7) is 9.45. The molecule has 4 heterocycles. The molecule has 1 fully saturated rings. The van der Waals surface area contributed by atoms with Crippen molar-refractivity contribution in [3.8, 4) is 5.69 Å². The van der Waals surface area contributed by atoms with E-state index < -0.39 is 0 Å². The van der Waals surface area contributed by atoms with Crippen molar-refractivity contribution in [3.05, 3.63) is 79.2 Å². The van der Waals surface area contributed by atoms with Gasteiger partial charge in [-0.2, -0.15) is 5.10 Å². The van der Waals surface area contributed by atoms with Gasteiger partial charge in [0.25, 0.3) is 5.56 Å². The highest BCUT2D eigenvalue weighted by molar-refractivity contribution is 6.37. The predicted molar refractivity (Wildman–Crippen MR) is 140 cm³/mol. The third-order valence-corrected chi connectivity index (χ3v) is 7.13. The molecule has 0 atom stereocenters. The van der Waals surface area contributed by atoms with Gasteiger partial charge < -0.3 is 4.98 Å². The summed E-state index contributed by atoms with van der Waals surface area (Å²) < 4.78 is 1.57. The summed E-state index contributed by atoms with van der Waals surface area (Å²) in [6.07, 6.45) is 6.07. The zero-order chi connectivity index (χ0) is 24.7. The van der Waals surface area contributed by atoms with E-state index in [9.17, 15) is 4.79 Å². The molecule has 1 saturated heterocycles. The van der Waals surface area contributed by atoms with E-state index in [0.717, 1.165) is 12.1 Å². The minimum Gasteiger partial charge on any atom is -0.310 e. The average Bonchev–Trinajstić information content (AvgIpc) is 3.44. The van der Waals surface area contributed by atoms with Crippen molar-refractivity contribution < 1.29 is 0 Å². The van der Waals surface area contributed by atoms with Gasteiger partial charge in [0.2, 0.25) is 0 Å². The fraction of sp³-hybridized carbons (Fsp3) is 0.385. The molecule has 5 rings (SSSR count). The first-order chi connectivity index (χ1) is 16.8. The van der Waals surface area contributed by atoms with E-state index in [1.165, 1.54) is 49.5 Å². The van der Waals surface area contributed by atoms with Crippen LogP contribution in [0.3, 0.4) is 0 Å². The first-order valence-corrected chi connectivity index (χ1v) is 12.7. The molecule has 0 spiro atoms. The Balaban J connectivity index is 1.55. The van der Waals surface area contributed by atoms with Gasteiger partial charge in [-0.15, -0.1) is 0 Å². The predicted octanol–water partition coefficient (Wildman–Crippen LogP) is 5.43. The smallest absolute Gasteiger partial charge is 0.262 e. The van der Waals surface area contributed by atoms with Crippen molar-refractivity contribution in [2.24, 2.45) is 0 Å². The summed E-state index contributed by atoms with van der Waals surface area (Å²) in [6, 6.07) is 6.50. The molecule has 4 aromatic rings. The van der Waals surface area contributed by atoms with Crippen molar-refractivity contribution >= 4 is 34.2 Å². The van der Waals surface area contributed by atoms with Gasteiger partial charge in [-0.05, 0) is 55.5 Å². The lowest BCUT2D eigenvalue weighted by Gasteiger charge is -2.17. The molecule has 0 unspecified atom stereocenters. The topological polar surface area (TPSA) is 79.7 Å². The van der Waals surface area contributed by atoms with Crippen LogP contribution >= 0.6 is 23.2 Å². The highest BCUT2D eigenvalue weighted by Gasteiger charge is 2.23. The second kappa shape index (κ2) is 9.72. The molecule has 9 heteroatoms. The van der Waals surface area contributed by atoms with Gasteiger partial charge in [0.15, 0.2) is 5.65 Å². The summed E-state index contributed by atoms with van der Waals surface area (Å²) in [5, 5.41) is 5.82. The Morgan fingerprint density at radius 3 is 2.49 bits per heavy atom. The lowest BCUT2D eigenvalue weighted by atomic mass is 10.0. The zero-order valence-corrected chi connectivity index (χ0v) is 21.6. The molecule has 1 aromatic carbocycles. The maximum absolute atomic E-state index is 13.2. The number of nitrogens with zero attached hydrogens (tertiary/aromatic N) is 5. The fourth-order valence-corrected chi connectivity index (χ4v) is 5.29. The van der Waals surface area contributed by atoms with Crippen molar-refractivity contribution in [1.29, 1.82) is 0 Å². The zero-order valence-electron chi connectivity index (χ0n) is 20.1. The van der Waals surface area contributed by atoms with Gasteiger partial charge in [0.05, 0.1) is 15.7 Å². The molecule has 182 valence electrons. The second-order valence-electron chi connectivity index (χ2n) is 9.54. The fourth-order valence-electron chi connectivity index (χ4n) is 4.77. The molecular weight excluding hydrogens is 483 g/mol. The number of hydrogen-bond acceptors (Lipinski definition) is 5. The van der Waals surface area contributed by atoms with E-state index in [4.69, 9.17) is 33.3 Å². The number of halogens is 2. The summed E-state index contributed by atoms with van der Waals surface area (Å²) in [5.41, 5.74) is 5.01. The lowest BCUT2D eigenvalue weighted by Crippen LogP contribution is -2.19. The van der Waals surface area contributed by atoms with Gasteiger partial charge in [-0.3, -0.25) is 14.7 Å². The summed E-state index contributed by atoms with van der Waals surface area (Å²) in [5.74, 6) is 0.574. The van der Waals surface area contributed by atoms with Crippen LogP contribution in [-0.2, 0) is 13.0 Å². The Kier molecular flexibility index (Phi) is 6.66. The highest BCUT2D eigenvalue weighted by atomic mass is 35.5. The van der Waals surface area contributed by atoms with Crippen molar-refractivity contribution in [2.45, 2.75) is 52.5 Å². The number of pyridine rings is 1. The minimum absolute atomic E-state index is 0.0117. The maximum Gasteiger partial charge on any atom is 0.262 e. The average molecular weight is 511 g/mol. The molecule has 35 heavy (non-hydrogen) atoms. The van der Waals surface area contributed by atoms with E-state index in [0.29, 0.717) is 44.7 Å². The molecular formula is C26H28Cl2N6O. The Bertz CT molecular complexity index is 1430. The van der Waals surface area contributed by atoms with E-state index in [-0.39, 0.29) is 11.5 Å². The Labute approximate surface area is 214 Å². The van der Waals surface area contributed by atoms with Crippen LogP contribution in [-0.4, -0.2) is 42.7 Å². The number of fused-ring (bicyclic) bond motifs is 1. The van der Waals surface area contributed by atoms with Crippen LogP contribution in [0.2, 0.25) is 10.0 Å². The number of H-pyrrole nitrogens is 1. The Morgan fingerprint density at radius 1 is 1.11 bits per heavy atom. The van der Waals surface area contributed by atoms with Gasteiger partial charge in [0, 0.05) is 25.4 Å². The summed E-state index contributed by atoms with van der Waals surface area (Å²) >= 11 is 12.9. The molecule has 0 saturated carbocycles. The van der Waals surface area contributed by atoms with Gasteiger partial charge in [0.1, 0.15) is 16.9 Å². The standard InChI is InChI=1S/C26H28Cl2N6O/c1-15(2)23-22-25(34(32-23)24-19(27)12-29-13-20(24)28)30-21(31-26(22)35)11-17-6-7-18(16(3)10-17)14-33-8-4-5-9-33/h6-7,10,12-13,15H,4-5,8-9,11,14H2,1-3H3,(H,30,31,35). The van der Waals surface area contributed by atoms with Gasteiger partial charge in [-0.1, -0.05) is 55.2 Å². The van der Waals surface area contributed by atoms with E-state index >= 15 is 0 Å². The number of hydrogen-bond donors (Lipinski definition) is 1. The SMILES string of the molecule is Cc1cc(Cc2nc3c(c(C(C)C)nn3-c3c(Cl)cncc3Cl)c(=O)[nH]2)ccc1CN1CCCC1. The normalized spacial score (nSPS) is 14.5. The number of aromatic nitrogens is 5. The number of aryl methyl sites for hydroxylation is 1. The van der Waals surface area contributed by atoms with Crippen LogP contribution in [0, 0.1) is 6.92 Å². The largest absolute Gasteiger partial charge is 0.310 e. The monoisotopic (exact) mass is 510 g/mol. The van der Waals surface area contributed by atoms with E-state index in [1.54, 1.807) is 4.68 Å². The molecule has 0 radical (unpaired) electrons. The number of likely N-dealkylation sites (tertiary alicyclic amines) is 1. The van der Waals surface area contributed by atoms with Crippen molar-refractivity contribution in [1.82, 2.24) is 29.6 Å². The molecule has 0 aliphatic carbocycles. The van der Waals surface area contributed by atoms with Gasteiger partial charge in [-0.25, -0.2) is 9.67 Å². The van der Waals surface area contributed by atoms with Gasteiger partial charge >= 0.3 is 0 Å². The number of nitrogens with one attached hydrogen (secondary N) is 1. The summed E-state index contributed by atoms with van der Waals surface area (Å²) in [7, 11) is 0. The highest BCUT2D eigenvalue weighted by Crippen LogP contribution is 2.31. The van der Waals surface area contributed by atoms with E-state index in [1.807, 2.05) is 13.8 Å². The Morgan fingerprint density at radius 2 is 1.83 bits per heavy atom. The lowest BCUT2D eigenvalue weighted by molar-refractivity contribution is 0.330. The van der Waals surface area contributed by atoms with Crippen LogP contribution in [0.4, 0.5) is 0 Å². The molecule has 1 N–H and O–H groups in total. The van der Waals surface area contributed by atoms with Crippen molar-refractivity contribution in [3.63, 3.8) is 0 Å². The van der Waals surface area contributed by atoms with Crippen LogP contribution in [0.1, 0.15) is 60.8 Å². The van der Waals surface area contributed by atoms with E-state index in [2.05, 4.69) is 40.0 Å². The minimum atomic E-state index is -0.219. The van der Waals surface area contributed by atoms with Crippen LogP contribution in [0.5, 0.6) is 0 Å². The molecule has 0 bridgehead atoms. The van der Waals surface area contributed by atoms with Crippen LogP contribution in [0.25, 0.3) is 16.7 Å². The third-order valence-electron chi connectivity index (χ3n) is 6.57. The molecule has 7 nitrogen and oxygen atoms in total. The first-order valence-electron chi connectivity index (χ1n) is 11.9. The van der Waals surface area contributed by atoms with Crippen molar-refractivity contribution in [2.75, 3.05) is 13.1 Å². The first kappa shape index (κ1) is 24.0. The Hall–Kier alpha value is -2.74. The van der Waals surface area contributed by atoms with Crippen LogP contribution < -0.4 is 5.56 Å². The van der Waals surface area contributed by atoms with Crippen LogP contribution in [0.15, 0.2) is 35.4 Å². The quantitative estimate of drug-likeness (QED) is 0.374. The number of aromatic amines is 1. The second-order valence-corrected chi connectivity index (χ2v) is 10.3. The number of rotatable bonds is 6. The third kappa shape index (κ3) is 4.73.